The number of halogens is 4. The molecular weight excluding hydrogens is 414 g/mol. The summed E-state index contributed by atoms with van der Waals surface area (Å²) < 4.78 is 58.2. The number of nitrogens with one attached hydrogen (secondary N) is 1. The smallest absolute Gasteiger partial charge is 0.380 e. The molecule has 1 N–H and O–H groups in total. The average molecular weight is 437 g/mol. The summed E-state index contributed by atoms with van der Waals surface area (Å²) in [6.45, 7) is 2.25. The number of hydrogen-bond donors (Lipinski definition) is 1. The molecule has 1 aliphatic carbocycles. The van der Waals surface area contributed by atoms with E-state index in [4.69, 9.17) is 4.74 Å². The number of carbonyl (C=O) groups excluding carboxylic acids is 1. The first-order valence-electron chi connectivity index (χ1n) is 10.4. The summed E-state index contributed by atoms with van der Waals surface area (Å²) in [6.07, 6.45) is 0.672. The molecule has 0 radical (unpaired) electrons. The predicted molar refractivity (Wildman–Crippen MR) is 107 cm³/mol. The van der Waals surface area contributed by atoms with Crippen LogP contribution in [0.1, 0.15) is 46.3 Å². The minimum absolute atomic E-state index is 0.0937. The van der Waals surface area contributed by atoms with E-state index >= 15 is 0 Å². The number of ether oxygens (including phenoxy) is 1. The lowest BCUT2D eigenvalue weighted by molar-refractivity contribution is -0.139. The van der Waals surface area contributed by atoms with Gasteiger partial charge in [0.25, 0.3) is 5.91 Å². The van der Waals surface area contributed by atoms with Crippen LogP contribution in [0.15, 0.2) is 24.4 Å². The lowest BCUT2D eigenvalue weighted by Gasteiger charge is -2.25. The Balaban J connectivity index is 1.65. The topological polar surface area (TPSA) is 54.5 Å². The van der Waals surface area contributed by atoms with Crippen LogP contribution in [-0.2, 0) is 23.8 Å². The quantitative estimate of drug-likeness (QED) is 0.706. The van der Waals surface area contributed by atoms with E-state index in [0.29, 0.717) is 50.5 Å². The minimum Gasteiger partial charge on any atom is -0.380 e. The van der Waals surface area contributed by atoms with Crippen molar-refractivity contribution in [2.75, 3.05) is 31.6 Å². The lowest BCUT2D eigenvalue weighted by Crippen LogP contribution is -2.34. The summed E-state index contributed by atoms with van der Waals surface area (Å²) in [7, 11) is 0. The summed E-state index contributed by atoms with van der Waals surface area (Å²) >= 11 is 0. The monoisotopic (exact) mass is 437 g/mol. The van der Waals surface area contributed by atoms with Crippen LogP contribution in [0.2, 0.25) is 0 Å². The van der Waals surface area contributed by atoms with Gasteiger partial charge in [-0.1, -0.05) is 0 Å². The van der Waals surface area contributed by atoms with Gasteiger partial charge in [0.2, 0.25) is 0 Å². The highest BCUT2D eigenvalue weighted by atomic mass is 19.4. The minimum atomic E-state index is -4.79. The first-order chi connectivity index (χ1) is 14.8. The molecule has 166 valence electrons. The molecule has 0 saturated carbocycles. The van der Waals surface area contributed by atoms with Crippen LogP contribution < -0.4 is 5.32 Å². The standard InChI is InChI=1S/C22H23F4N3O2/c23-19-7-6-14(12-18(19)22(24,25)26)28-20-16-5-2-1-4-15(16)17(13-27-20)21(30)29-8-3-10-31-11-9-29/h6-7,12-13H,1-5,8-11H2,(H,27,28). The maximum Gasteiger partial charge on any atom is 0.419 e. The van der Waals surface area contributed by atoms with Crippen LogP contribution in [0.5, 0.6) is 0 Å². The van der Waals surface area contributed by atoms with Gasteiger partial charge in [-0.05, 0) is 61.4 Å². The number of nitrogens with zero attached hydrogens (tertiary/aromatic N) is 2. The van der Waals surface area contributed by atoms with Gasteiger partial charge >= 0.3 is 6.18 Å². The average Bonchev–Trinajstić information content (AvgIpc) is 3.04. The zero-order chi connectivity index (χ0) is 22.0. The molecule has 5 nitrogen and oxygen atoms in total. The molecule has 1 aromatic heterocycles. The Kier molecular flexibility index (Phi) is 6.13. The zero-order valence-corrected chi connectivity index (χ0v) is 16.9. The predicted octanol–water partition coefficient (Wildman–Crippen LogP) is 4.72. The molecule has 0 spiro atoms. The van der Waals surface area contributed by atoms with E-state index < -0.39 is 17.6 Å². The van der Waals surface area contributed by atoms with Gasteiger partial charge in [0.1, 0.15) is 11.6 Å². The molecule has 1 aliphatic heterocycles. The van der Waals surface area contributed by atoms with Crippen LogP contribution in [0.25, 0.3) is 0 Å². The molecule has 1 amide bonds. The van der Waals surface area contributed by atoms with Crippen molar-refractivity contribution in [3.05, 3.63) is 52.5 Å². The van der Waals surface area contributed by atoms with E-state index in [1.54, 1.807) is 4.90 Å². The first-order valence-corrected chi connectivity index (χ1v) is 10.4. The van der Waals surface area contributed by atoms with Gasteiger partial charge < -0.3 is 15.0 Å². The van der Waals surface area contributed by atoms with Gasteiger partial charge in [-0.15, -0.1) is 0 Å². The third-order valence-electron chi connectivity index (χ3n) is 5.68. The molecule has 2 aromatic rings. The second-order valence-corrected chi connectivity index (χ2v) is 7.76. The summed E-state index contributed by atoms with van der Waals surface area (Å²) in [5, 5.41) is 2.90. The fraction of sp³-hybridized carbons (Fsp3) is 0.455. The molecule has 4 rings (SSSR count). The van der Waals surface area contributed by atoms with Crippen molar-refractivity contribution in [2.45, 2.75) is 38.3 Å². The normalized spacial score (nSPS) is 17.1. The van der Waals surface area contributed by atoms with Gasteiger partial charge in [0, 0.05) is 31.6 Å². The van der Waals surface area contributed by atoms with Gasteiger partial charge in [-0.3, -0.25) is 4.79 Å². The maximum atomic E-state index is 13.6. The van der Waals surface area contributed by atoms with Crippen LogP contribution in [-0.4, -0.2) is 42.1 Å². The molecular formula is C22H23F4N3O2. The zero-order valence-electron chi connectivity index (χ0n) is 16.9. The summed E-state index contributed by atoms with van der Waals surface area (Å²) in [6, 6.07) is 2.78. The van der Waals surface area contributed by atoms with Crippen molar-refractivity contribution in [3.8, 4) is 0 Å². The number of carbonyl (C=O) groups is 1. The van der Waals surface area contributed by atoms with E-state index in [1.807, 2.05) is 0 Å². The van der Waals surface area contributed by atoms with Crippen LogP contribution in [0, 0.1) is 5.82 Å². The second-order valence-electron chi connectivity index (χ2n) is 7.76. The van der Waals surface area contributed by atoms with Crippen LogP contribution in [0.4, 0.5) is 29.1 Å². The highest BCUT2D eigenvalue weighted by Gasteiger charge is 2.34. The highest BCUT2D eigenvalue weighted by molar-refractivity contribution is 5.96. The van der Waals surface area contributed by atoms with Crippen molar-refractivity contribution in [2.24, 2.45) is 0 Å². The number of amides is 1. The Morgan fingerprint density at radius 2 is 1.84 bits per heavy atom. The third kappa shape index (κ3) is 4.66. The van der Waals surface area contributed by atoms with Crippen molar-refractivity contribution < 1.29 is 27.1 Å². The molecule has 2 heterocycles. The van der Waals surface area contributed by atoms with Gasteiger partial charge in [0.05, 0.1) is 17.7 Å². The number of rotatable bonds is 3. The Hall–Kier alpha value is -2.68. The number of pyridine rings is 1. The molecule has 1 saturated heterocycles. The molecule has 0 atom stereocenters. The maximum absolute atomic E-state index is 13.6. The number of benzene rings is 1. The molecule has 0 unspecified atom stereocenters. The van der Waals surface area contributed by atoms with Gasteiger partial charge in [-0.2, -0.15) is 13.2 Å². The Bertz CT molecular complexity index is 970. The molecule has 9 heteroatoms. The van der Waals surface area contributed by atoms with Gasteiger partial charge in [0.15, 0.2) is 0 Å². The number of aromatic nitrogens is 1. The summed E-state index contributed by atoms with van der Waals surface area (Å²) in [4.78, 5) is 19.3. The largest absolute Gasteiger partial charge is 0.419 e. The molecule has 1 fully saturated rings. The number of hydrogen-bond acceptors (Lipinski definition) is 4. The molecule has 2 aliphatic rings. The molecule has 31 heavy (non-hydrogen) atoms. The molecule has 1 aromatic carbocycles. The Morgan fingerprint density at radius 3 is 2.61 bits per heavy atom. The Morgan fingerprint density at radius 1 is 1.06 bits per heavy atom. The number of anilines is 2. The van der Waals surface area contributed by atoms with E-state index in [0.717, 1.165) is 42.5 Å². The fourth-order valence-corrected chi connectivity index (χ4v) is 4.12. The Labute approximate surface area is 177 Å². The van der Waals surface area contributed by atoms with E-state index in [-0.39, 0.29) is 11.6 Å². The van der Waals surface area contributed by atoms with Crippen LogP contribution >= 0.6 is 0 Å². The number of fused-ring (bicyclic) bond motifs is 1. The number of alkyl halides is 3. The third-order valence-corrected chi connectivity index (χ3v) is 5.68. The van der Waals surface area contributed by atoms with Crippen molar-refractivity contribution >= 4 is 17.4 Å². The molecule has 0 bridgehead atoms. The summed E-state index contributed by atoms with van der Waals surface area (Å²) in [5.74, 6) is -1.01. The summed E-state index contributed by atoms with van der Waals surface area (Å²) in [5.41, 5.74) is 1.02. The van der Waals surface area contributed by atoms with Crippen molar-refractivity contribution in [3.63, 3.8) is 0 Å². The van der Waals surface area contributed by atoms with Crippen LogP contribution in [0.3, 0.4) is 0 Å². The fourth-order valence-electron chi connectivity index (χ4n) is 4.12. The lowest BCUT2D eigenvalue weighted by atomic mass is 9.88. The SMILES string of the molecule is O=C(c1cnc(Nc2ccc(F)c(C(F)(F)F)c2)c2c1CCCC2)N1CCCOCC1. The second kappa shape index (κ2) is 8.82. The van der Waals surface area contributed by atoms with E-state index in [1.165, 1.54) is 12.3 Å². The van der Waals surface area contributed by atoms with E-state index in [9.17, 15) is 22.4 Å². The first kappa shape index (κ1) is 21.5. The van der Waals surface area contributed by atoms with Crippen molar-refractivity contribution in [1.29, 1.82) is 0 Å². The van der Waals surface area contributed by atoms with E-state index in [2.05, 4.69) is 10.3 Å². The van der Waals surface area contributed by atoms with Gasteiger partial charge in [-0.25, -0.2) is 9.37 Å². The van der Waals surface area contributed by atoms with Crippen molar-refractivity contribution in [1.82, 2.24) is 9.88 Å². The highest BCUT2D eigenvalue weighted by Crippen LogP contribution is 2.35.